The fourth-order valence-electron chi connectivity index (χ4n) is 1.97. The Bertz CT molecular complexity index is 504. The lowest BCUT2D eigenvalue weighted by Gasteiger charge is -2.13. The zero-order valence-corrected chi connectivity index (χ0v) is 11.5. The van der Waals surface area contributed by atoms with Crippen molar-refractivity contribution in [3.05, 3.63) is 53.3 Å². The first kappa shape index (κ1) is 13.8. The second-order valence-electron chi connectivity index (χ2n) is 4.85. The molecule has 1 heterocycles. The van der Waals surface area contributed by atoms with Gasteiger partial charge in [0.1, 0.15) is 0 Å². The molecule has 0 spiro atoms. The van der Waals surface area contributed by atoms with E-state index in [1.165, 1.54) is 11.1 Å². The van der Waals surface area contributed by atoms with Gasteiger partial charge >= 0.3 is 0 Å². The lowest BCUT2D eigenvalue weighted by atomic mass is 10.1. The van der Waals surface area contributed by atoms with Crippen molar-refractivity contribution in [2.45, 2.75) is 33.0 Å². The molecule has 1 aromatic carbocycles. The summed E-state index contributed by atoms with van der Waals surface area (Å²) in [5.74, 6) is 0. The van der Waals surface area contributed by atoms with Crippen molar-refractivity contribution in [1.29, 1.82) is 0 Å². The number of nitrogens with one attached hydrogen (secondary N) is 1. The third-order valence-electron chi connectivity index (χ3n) is 3.21. The summed E-state index contributed by atoms with van der Waals surface area (Å²) in [5, 5.41) is 16.5. The van der Waals surface area contributed by atoms with Crippen LogP contribution in [0.3, 0.4) is 0 Å². The molecule has 0 aliphatic rings. The maximum absolute atomic E-state index is 8.84. The van der Waals surface area contributed by atoms with Crippen LogP contribution in [0, 0.1) is 6.92 Å². The molecule has 1 aromatic heterocycles. The Morgan fingerprint density at radius 3 is 2.74 bits per heavy atom. The number of nitrogens with zero attached hydrogens (tertiary/aromatic N) is 2. The largest absolute Gasteiger partial charge is 0.394 e. The van der Waals surface area contributed by atoms with Crippen LogP contribution in [0.2, 0.25) is 0 Å². The standard InChI is InChI=1S/C15H21N3O/c1-12-3-5-15(6-4-12)13(2)16-9-14-10-17-18(11-14)7-8-19/h3-6,10-11,13,16,19H,7-9H2,1-2H3/t13-/m0/s1. The highest BCUT2D eigenvalue weighted by Crippen LogP contribution is 2.13. The van der Waals surface area contributed by atoms with Gasteiger partial charge in [-0.05, 0) is 19.4 Å². The molecule has 1 atom stereocenters. The molecule has 0 aliphatic heterocycles. The summed E-state index contributed by atoms with van der Waals surface area (Å²) in [7, 11) is 0. The Labute approximate surface area is 114 Å². The van der Waals surface area contributed by atoms with Gasteiger partial charge in [0.2, 0.25) is 0 Å². The first-order valence-electron chi connectivity index (χ1n) is 6.61. The third-order valence-corrected chi connectivity index (χ3v) is 3.21. The number of aromatic nitrogens is 2. The Balaban J connectivity index is 1.88. The lowest BCUT2D eigenvalue weighted by Crippen LogP contribution is -2.17. The highest BCUT2D eigenvalue weighted by molar-refractivity contribution is 5.23. The first-order valence-corrected chi connectivity index (χ1v) is 6.61. The van der Waals surface area contributed by atoms with Crippen molar-refractivity contribution in [3.8, 4) is 0 Å². The normalized spacial score (nSPS) is 12.6. The fourth-order valence-corrected chi connectivity index (χ4v) is 1.97. The van der Waals surface area contributed by atoms with E-state index in [9.17, 15) is 0 Å². The molecule has 4 nitrogen and oxygen atoms in total. The van der Waals surface area contributed by atoms with Crippen LogP contribution in [-0.4, -0.2) is 21.5 Å². The quantitative estimate of drug-likeness (QED) is 0.834. The number of aliphatic hydroxyl groups is 1. The highest BCUT2D eigenvalue weighted by Gasteiger charge is 2.05. The number of aryl methyl sites for hydroxylation is 1. The topological polar surface area (TPSA) is 50.1 Å². The number of aliphatic hydroxyl groups excluding tert-OH is 1. The molecule has 4 heteroatoms. The summed E-state index contributed by atoms with van der Waals surface area (Å²) in [6.07, 6.45) is 3.80. The third kappa shape index (κ3) is 3.91. The number of hydrogen-bond donors (Lipinski definition) is 2. The van der Waals surface area contributed by atoms with Gasteiger partial charge in [0, 0.05) is 24.3 Å². The Morgan fingerprint density at radius 1 is 1.32 bits per heavy atom. The Kier molecular flexibility index (Phi) is 4.71. The molecule has 0 bridgehead atoms. The SMILES string of the molecule is Cc1ccc([C@H](C)NCc2cnn(CCO)c2)cc1. The van der Waals surface area contributed by atoms with Gasteiger partial charge in [-0.1, -0.05) is 29.8 Å². The molecule has 0 saturated heterocycles. The minimum absolute atomic E-state index is 0.119. The van der Waals surface area contributed by atoms with E-state index in [2.05, 4.69) is 48.5 Å². The molecule has 102 valence electrons. The fraction of sp³-hybridized carbons (Fsp3) is 0.400. The Morgan fingerprint density at radius 2 is 2.05 bits per heavy atom. The van der Waals surface area contributed by atoms with E-state index in [4.69, 9.17) is 5.11 Å². The number of rotatable bonds is 6. The van der Waals surface area contributed by atoms with Crippen LogP contribution in [0.25, 0.3) is 0 Å². The van der Waals surface area contributed by atoms with E-state index in [0.29, 0.717) is 12.6 Å². The highest BCUT2D eigenvalue weighted by atomic mass is 16.3. The van der Waals surface area contributed by atoms with Crippen molar-refractivity contribution in [2.75, 3.05) is 6.61 Å². The molecule has 19 heavy (non-hydrogen) atoms. The summed E-state index contributed by atoms with van der Waals surface area (Å²) < 4.78 is 1.76. The van der Waals surface area contributed by atoms with E-state index in [1.807, 2.05) is 12.4 Å². The molecule has 2 N–H and O–H groups in total. The van der Waals surface area contributed by atoms with Gasteiger partial charge in [0.05, 0.1) is 19.3 Å². The lowest BCUT2D eigenvalue weighted by molar-refractivity contribution is 0.269. The smallest absolute Gasteiger partial charge is 0.0640 e. The summed E-state index contributed by atoms with van der Waals surface area (Å²) in [5.41, 5.74) is 3.70. The molecule has 0 radical (unpaired) electrons. The van der Waals surface area contributed by atoms with Crippen LogP contribution in [0.5, 0.6) is 0 Å². The van der Waals surface area contributed by atoms with Gasteiger partial charge in [0.25, 0.3) is 0 Å². The van der Waals surface area contributed by atoms with Gasteiger partial charge in [-0.2, -0.15) is 5.10 Å². The summed E-state index contributed by atoms with van der Waals surface area (Å²) >= 11 is 0. The minimum Gasteiger partial charge on any atom is -0.394 e. The summed E-state index contributed by atoms with van der Waals surface area (Å²) in [6, 6.07) is 8.88. The molecule has 0 saturated carbocycles. The Hall–Kier alpha value is -1.65. The molecular weight excluding hydrogens is 238 g/mol. The maximum Gasteiger partial charge on any atom is 0.0640 e. The zero-order valence-electron chi connectivity index (χ0n) is 11.5. The van der Waals surface area contributed by atoms with Crippen LogP contribution in [-0.2, 0) is 13.1 Å². The number of benzene rings is 1. The van der Waals surface area contributed by atoms with E-state index >= 15 is 0 Å². The van der Waals surface area contributed by atoms with Gasteiger partial charge in [-0.3, -0.25) is 4.68 Å². The van der Waals surface area contributed by atoms with Crippen LogP contribution in [0.15, 0.2) is 36.7 Å². The zero-order chi connectivity index (χ0) is 13.7. The van der Waals surface area contributed by atoms with Crippen LogP contribution < -0.4 is 5.32 Å². The van der Waals surface area contributed by atoms with Gasteiger partial charge in [-0.25, -0.2) is 0 Å². The molecule has 2 rings (SSSR count). The molecule has 0 amide bonds. The van der Waals surface area contributed by atoms with E-state index in [1.54, 1.807) is 4.68 Å². The molecule has 0 fully saturated rings. The second-order valence-corrected chi connectivity index (χ2v) is 4.85. The average Bonchev–Trinajstić information content (AvgIpc) is 2.85. The van der Waals surface area contributed by atoms with Crippen LogP contribution >= 0.6 is 0 Å². The monoisotopic (exact) mass is 259 g/mol. The van der Waals surface area contributed by atoms with Crippen molar-refractivity contribution < 1.29 is 5.11 Å². The van der Waals surface area contributed by atoms with Crippen molar-refractivity contribution >= 4 is 0 Å². The van der Waals surface area contributed by atoms with Gasteiger partial charge in [-0.15, -0.1) is 0 Å². The molecular formula is C15H21N3O. The molecule has 0 unspecified atom stereocenters. The average molecular weight is 259 g/mol. The minimum atomic E-state index is 0.119. The van der Waals surface area contributed by atoms with Crippen molar-refractivity contribution in [1.82, 2.24) is 15.1 Å². The molecule has 2 aromatic rings. The van der Waals surface area contributed by atoms with E-state index < -0.39 is 0 Å². The van der Waals surface area contributed by atoms with E-state index in [0.717, 1.165) is 12.1 Å². The van der Waals surface area contributed by atoms with E-state index in [-0.39, 0.29) is 6.61 Å². The van der Waals surface area contributed by atoms with Crippen molar-refractivity contribution in [3.63, 3.8) is 0 Å². The van der Waals surface area contributed by atoms with Gasteiger partial charge < -0.3 is 10.4 Å². The predicted octanol–water partition coefficient (Wildman–Crippen LogP) is 2.03. The summed E-state index contributed by atoms with van der Waals surface area (Å²) in [6.45, 7) is 5.70. The predicted molar refractivity (Wildman–Crippen MR) is 75.7 cm³/mol. The molecule has 0 aliphatic carbocycles. The van der Waals surface area contributed by atoms with Crippen LogP contribution in [0.4, 0.5) is 0 Å². The van der Waals surface area contributed by atoms with Crippen molar-refractivity contribution in [2.24, 2.45) is 0 Å². The number of hydrogen-bond acceptors (Lipinski definition) is 3. The van der Waals surface area contributed by atoms with Gasteiger partial charge in [0.15, 0.2) is 0 Å². The second kappa shape index (κ2) is 6.50. The van der Waals surface area contributed by atoms with Crippen LogP contribution in [0.1, 0.15) is 29.7 Å². The maximum atomic E-state index is 8.84. The first-order chi connectivity index (χ1) is 9.19. The summed E-state index contributed by atoms with van der Waals surface area (Å²) in [4.78, 5) is 0.